The minimum absolute atomic E-state index is 0.242. The van der Waals surface area contributed by atoms with E-state index < -0.39 is 0 Å². The van der Waals surface area contributed by atoms with Gasteiger partial charge >= 0.3 is 0 Å². The molecule has 3 aromatic rings. The largest absolute Gasteiger partial charge is 0.379 e. The number of carbonyl (C=O) groups excluding carboxylic acids is 1. The lowest BCUT2D eigenvalue weighted by Gasteiger charge is -2.08. The van der Waals surface area contributed by atoms with E-state index in [-0.39, 0.29) is 11.7 Å². The lowest BCUT2D eigenvalue weighted by molar-refractivity contribution is 0.0949. The molecule has 0 aliphatic carbocycles. The summed E-state index contributed by atoms with van der Waals surface area (Å²) >= 11 is 0. The van der Waals surface area contributed by atoms with Crippen LogP contribution >= 0.6 is 0 Å². The summed E-state index contributed by atoms with van der Waals surface area (Å²) in [6.07, 6.45) is 3.96. The first kappa shape index (κ1) is 17.5. The van der Waals surface area contributed by atoms with Crippen LogP contribution in [-0.2, 0) is 13.0 Å². The summed E-state index contributed by atoms with van der Waals surface area (Å²) in [5.74, 6) is -0.509. The Morgan fingerprint density at radius 2 is 1.85 bits per heavy atom. The standard InChI is InChI=1S/C20H19FN4O/c21-16-6-4-15(5-7-16)8-11-24-20(26)19-13-17(9-12-23-19)25-14-18-3-1-2-10-22-18/h1-7,9-10,12-13H,8,11,14H2,(H,23,25)(H,24,26). The van der Waals surface area contributed by atoms with Gasteiger partial charge in [0, 0.05) is 24.6 Å². The van der Waals surface area contributed by atoms with Crippen LogP contribution in [0.4, 0.5) is 10.1 Å². The Labute approximate surface area is 151 Å². The van der Waals surface area contributed by atoms with Crippen molar-refractivity contribution in [2.45, 2.75) is 13.0 Å². The SMILES string of the molecule is O=C(NCCc1ccc(F)cc1)c1cc(NCc2ccccn2)ccn1. The monoisotopic (exact) mass is 350 g/mol. The molecule has 0 saturated carbocycles. The Kier molecular flexibility index (Phi) is 5.88. The molecule has 0 spiro atoms. The molecule has 0 aliphatic heterocycles. The lowest BCUT2D eigenvalue weighted by Crippen LogP contribution is -2.26. The minimum atomic E-state index is -0.267. The zero-order valence-electron chi connectivity index (χ0n) is 14.2. The fraction of sp³-hybridized carbons (Fsp3) is 0.150. The van der Waals surface area contributed by atoms with E-state index in [2.05, 4.69) is 20.6 Å². The predicted octanol–water partition coefficient (Wildman–Crippen LogP) is 3.20. The summed E-state index contributed by atoms with van der Waals surface area (Å²) in [4.78, 5) is 20.6. The maximum absolute atomic E-state index is 12.9. The summed E-state index contributed by atoms with van der Waals surface area (Å²) in [5, 5.41) is 6.05. The van der Waals surface area contributed by atoms with Crippen LogP contribution in [0.3, 0.4) is 0 Å². The van der Waals surface area contributed by atoms with Gasteiger partial charge in [0.1, 0.15) is 11.5 Å². The van der Waals surface area contributed by atoms with Crippen molar-refractivity contribution in [1.82, 2.24) is 15.3 Å². The van der Waals surface area contributed by atoms with E-state index in [1.54, 1.807) is 36.7 Å². The quantitative estimate of drug-likeness (QED) is 0.687. The van der Waals surface area contributed by atoms with Crippen LogP contribution in [0.25, 0.3) is 0 Å². The number of pyridine rings is 2. The molecule has 0 unspecified atom stereocenters. The van der Waals surface area contributed by atoms with Crippen LogP contribution < -0.4 is 10.6 Å². The van der Waals surface area contributed by atoms with Crippen LogP contribution in [0.15, 0.2) is 67.0 Å². The Morgan fingerprint density at radius 1 is 1.00 bits per heavy atom. The van der Waals surface area contributed by atoms with Gasteiger partial charge in [-0.1, -0.05) is 18.2 Å². The summed E-state index contributed by atoms with van der Waals surface area (Å²) in [6.45, 7) is 1.02. The number of aromatic nitrogens is 2. The Bertz CT molecular complexity index is 853. The second-order valence-corrected chi connectivity index (χ2v) is 5.74. The highest BCUT2D eigenvalue weighted by Crippen LogP contribution is 2.10. The third kappa shape index (κ3) is 5.11. The number of hydrogen-bond acceptors (Lipinski definition) is 4. The smallest absolute Gasteiger partial charge is 0.269 e. The Hall–Kier alpha value is -3.28. The molecule has 132 valence electrons. The van der Waals surface area contributed by atoms with Gasteiger partial charge in [-0.25, -0.2) is 4.39 Å². The van der Waals surface area contributed by atoms with Gasteiger partial charge in [-0.05, 0) is 48.4 Å². The minimum Gasteiger partial charge on any atom is -0.379 e. The van der Waals surface area contributed by atoms with Crippen molar-refractivity contribution in [3.05, 3.63) is 89.8 Å². The van der Waals surface area contributed by atoms with E-state index in [9.17, 15) is 9.18 Å². The summed E-state index contributed by atoms with van der Waals surface area (Å²) in [7, 11) is 0. The molecule has 6 heteroatoms. The van der Waals surface area contributed by atoms with Gasteiger partial charge in [-0.2, -0.15) is 0 Å². The molecule has 0 bridgehead atoms. The van der Waals surface area contributed by atoms with Crippen LogP contribution in [0.5, 0.6) is 0 Å². The fourth-order valence-corrected chi connectivity index (χ4v) is 2.42. The van der Waals surface area contributed by atoms with Crippen LogP contribution in [0, 0.1) is 5.82 Å². The number of halogens is 1. The highest BCUT2D eigenvalue weighted by molar-refractivity contribution is 5.93. The highest BCUT2D eigenvalue weighted by atomic mass is 19.1. The molecule has 26 heavy (non-hydrogen) atoms. The maximum Gasteiger partial charge on any atom is 0.269 e. The van der Waals surface area contributed by atoms with Crippen molar-refractivity contribution in [1.29, 1.82) is 0 Å². The van der Waals surface area contributed by atoms with Gasteiger partial charge in [-0.15, -0.1) is 0 Å². The van der Waals surface area contributed by atoms with Crippen LogP contribution in [0.2, 0.25) is 0 Å². The first-order valence-electron chi connectivity index (χ1n) is 8.33. The summed E-state index contributed by atoms with van der Waals surface area (Å²) < 4.78 is 12.9. The van der Waals surface area contributed by atoms with Gasteiger partial charge in [0.15, 0.2) is 0 Å². The third-order valence-corrected chi connectivity index (χ3v) is 3.80. The van der Waals surface area contributed by atoms with Crippen molar-refractivity contribution < 1.29 is 9.18 Å². The first-order chi connectivity index (χ1) is 12.7. The van der Waals surface area contributed by atoms with Gasteiger partial charge < -0.3 is 10.6 Å². The molecule has 3 rings (SSSR count). The normalized spacial score (nSPS) is 10.3. The molecule has 1 aromatic carbocycles. The molecule has 2 N–H and O–H groups in total. The molecule has 0 saturated heterocycles. The van der Waals surface area contributed by atoms with E-state index in [1.165, 1.54) is 12.1 Å². The number of hydrogen-bond donors (Lipinski definition) is 2. The van der Waals surface area contributed by atoms with Crippen molar-refractivity contribution >= 4 is 11.6 Å². The van der Waals surface area contributed by atoms with Gasteiger partial charge in [0.05, 0.1) is 12.2 Å². The topological polar surface area (TPSA) is 66.9 Å². The van der Waals surface area contributed by atoms with E-state index >= 15 is 0 Å². The molecule has 0 aliphatic rings. The molecule has 0 fully saturated rings. The molecule has 1 amide bonds. The number of amides is 1. The average molecular weight is 350 g/mol. The number of nitrogens with zero attached hydrogens (tertiary/aromatic N) is 2. The molecule has 5 nitrogen and oxygen atoms in total. The van der Waals surface area contributed by atoms with Crippen molar-refractivity contribution in [3.63, 3.8) is 0 Å². The second kappa shape index (κ2) is 8.71. The highest BCUT2D eigenvalue weighted by Gasteiger charge is 2.07. The number of carbonyl (C=O) groups is 1. The van der Waals surface area contributed by atoms with Crippen LogP contribution in [-0.4, -0.2) is 22.4 Å². The zero-order chi connectivity index (χ0) is 18.2. The Balaban J connectivity index is 1.51. The molecule has 0 radical (unpaired) electrons. The predicted molar refractivity (Wildman–Crippen MR) is 98.2 cm³/mol. The van der Waals surface area contributed by atoms with E-state index in [0.717, 1.165) is 16.9 Å². The van der Waals surface area contributed by atoms with Gasteiger partial charge in [0.25, 0.3) is 5.91 Å². The molecule has 2 heterocycles. The summed E-state index contributed by atoms with van der Waals surface area (Å²) in [5.41, 5.74) is 3.02. The number of nitrogens with one attached hydrogen (secondary N) is 2. The van der Waals surface area contributed by atoms with E-state index in [0.29, 0.717) is 25.2 Å². The van der Waals surface area contributed by atoms with Crippen molar-refractivity contribution in [2.24, 2.45) is 0 Å². The third-order valence-electron chi connectivity index (χ3n) is 3.80. The summed E-state index contributed by atoms with van der Waals surface area (Å²) in [6, 6.07) is 15.5. The van der Waals surface area contributed by atoms with E-state index in [4.69, 9.17) is 0 Å². The molecular weight excluding hydrogens is 331 g/mol. The maximum atomic E-state index is 12.9. The number of anilines is 1. The average Bonchev–Trinajstić information content (AvgIpc) is 2.69. The van der Waals surface area contributed by atoms with Crippen molar-refractivity contribution in [2.75, 3.05) is 11.9 Å². The molecular formula is C20H19FN4O. The van der Waals surface area contributed by atoms with Gasteiger partial charge in [-0.3, -0.25) is 14.8 Å². The van der Waals surface area contributed by atoms with E-state index in [1.807, 2.05) is 18.2 Å². The molecule has 2 aromatic heterocycles. The fourth-order valence-electron chi connectivity index (χ4n) is 2.42. The Morgan fingerprint density at radius 3 is 2.62 bits per heavy atom. The number of rotatable bonds is 7. The van der Waals surface area contributed by atoms with Crippen molar-refractivity contribution in [3.8, 4) is 0 Å². The van der Waals surface area contributed by atoms with Gasteiger partial charge in [0.2, 0.25) is 0 Å². The zero-order valence-corrected chi connectivity index (χ0v) is 14.2. The lowest BCUT2D eigenvalue weighted by atomic mass is 10.1. The molecule has 0 atom stereocenters. The second-order valence-electron chi connectivity index (χ2n) is 5.74. The number of benzene rings is 1. The first-order valence-corrected chi connectivity index (χ1v) is 8.33. The van der Waals surface area contributed by atoms with Crippen LogP contribution in [0.1, 0.15) is 21.7 Å².